The molecule has 0 fully saturated rings. The quantitative estimate of drug-likeness (QED) is 0.0824. The van der Waals surface area contributed by atoms with Gasteiger partial charge in [0, 0.05) is 26.2 Å². The molecule has 14 heteroatoms. The van der Waals surface area contributed by atoms with Crippen LogP contribution in [0.15, 0.2) is 0 Å². The fourth-order valence-corrected chi connectivity index (χ4v) is 2.29. The molecule has 1 atom stereocenters. The van der Waals surface area contributed by atoms with Crippen LogP contribution in [0.4, 0.5) is 0 Å². The van der Waals surface area contributed by atoms with Crippen molar-refractivity contribution in [1.82, 2.24) is 5.32 Å². The third-order valence-corrected chi connectivity index (χ3v) is 4.33. The van der Waals surface area contributed by atoms with E-state index in [9.17, 15) is 13.2 Å². The molecule has 0 saturated heterocycles. The van der Waals surface area contributed by atoms with Gasteiger partial charge in [0.15, 0.2) is 6.10 Å². The van der Waals surface area contributed by atoms with Crippen molar-refractivity contribution in [2.75, 3.05) is 58.8 Å². The van der Waals surface area contributed by atoms with Gasteiger partial charge in [-0.1, -0.05) is 58.3 Å². The van der Waals surface area contributed by atoms with Crippen LogP contribution in [0.5, 0.6) is 0 Å². The Labute approximate surface area is 211 Å². The SMILES string of the molecule is CCCCCCCCCCC(O)C(=O)O.CNCCS(=O)(=O)O.NCCO.NCCO.NCCO. The lowest BCUT2D eigenvalue weighted by Crippen LogP contribution is -2.18. The third-order valence-electron chi connectivity index (χ3n) is 3.61. The fraction of sp³-hybridized carbons (Fsp3) is 0.952. The lowest BCUT2D eigenvalue weighted by atomic mass is 10.1. The van der Waals surface area contributed by atoms with E-state index in [-0.39, 0.29) is 25.6 Å². The maximum Gasteiger partial charge on any atom is 0.332 e. The molecule has 0 aromatic carbocycles. The zero-order valence-electron chi connectivity index (χ0n) is 21.6. The van der Waals surface area contributed by atoms with Gasteiger partial charge in [0.25, 0.3) is 10.1 Å². The Morgan fingerprint density at radius 3 is 1.40 bits per heavy atom. The highest BCUT2D eigenvalue weighted by Crippen LogP contribution is 2.10. The molecule has 0 aromatic rings. The van der Waals surface area contributed by atoms with Crippen molar-refractivity contribution in [2.45, 2.75) is 70.8 Å². The maximum absolute atomic E-state index is 10.3. The van der Waals surface area contributed by atoms with Gasteiger partial charge in [-0.25, -0.2) is 4.79 Å². The van der Waals surface area contributed by atoms with Crippen molar-refractivity contribution < 1.29 is 43.3 Å². The molecule has 0 rings (SSSR count). The van der Waals surface area contributed by atoms with Crippen molar-refractivity contribution in [3.8, 4) is 0 Å². The summed E-state index contributed by atoms with van der Waals surface area (Å²) in [5.74, 6) is -1.32. The van der Waals surface area contributed by atoms with Crippen LogP contribution in [0.3, 0.4) is 0 Å². The summed E-state index contributed by atoms with van der Waals surface area (Å²) in [6.07, 6.45) is 8.68. The molecule has 13 nitrogen and oxygen atoms in total. The molecule has 0 spiro atoms. The predicted octanol–water partition coefficient (Wildman–Crippen LogP) is -1.13. The Bertz CT molecular complexity index is 458. The normalized spacial score (nSPS) is 10.7. The second-order valence-electron chi connectivity index (χ2n) is 7.04. The highest BCUT2D eigenvalue weighted by atomic mass is 32.2. The number of carboxylic acids is 1. The van der Waals surface area contributed by atoms with Gasteiger partial charge in [0.05, 0.1) is 25.6 Å². The Morgan fingerprint density at radius 1 is 0.829 bits per heavy atom. The molecule has 0 amide bonds. The highest BCUT2D eigenvalue weighted by molar-refractivity contribution is 7.85. The number of hydrogen-bond donors (Lipinski definition) is 10. The smallest absolute Gasteiger partial charge is 0.332 e. The summed E-state index contributed by atoms with van der Waals surface area (Å²) in [5.41, 5.74) is 14.3. The van der Waals surface area contributed by atoms with Crippen molar-refractivity contribution in [3.05, 3.63) is 0 Å². The second kappa shape index (κ2) is 40.2. The molecule has 0 aromatic heterocycles. The van der Waals surface area contributed by atoms with Crippen LogP contribution in [0.2, 0.25) is 0 Å². The molecule has 35 heavy (non-hydrogen) atoms. The van der Waals surface area contributed by atoms with Crippen LogP contribution in [0.25, 0.3) is 0 Å². The summed E-state index contributed by atoms with van der Waals surface area (Å²) in [7, 11) is -2.13. The minimum absolute atomic E-state index is 0.0972. The van der Waals surface area contributed by atoms with Crippen LogP contribution in [-0.4, -0.2) is 109 Å². The number of aliphatic carboxylic acids is 1. The van der Waals surface area contributed by atoms with Crippen LogP contribution >= 0.6 is 0 Å². The van der Waals surface area contributed by atoms with Gasteiger partial charge < -0.3 is 48.1 Å². The summed E-state index contributed by atoms with van der Waals surface area (Å²) in [5, 5.41) is 43.3. The highest BCUT2D eigenvalue weighted by Gasteiger charge is 2.11. The average molecular weight is 539 g/mol. The number of carbonyl (C=O) groups is 1. The van der Waals surface area contributed by atoms with Crippen LogP contribution in [0.1, 0.15) is 64.7 Å². The van der Waals surface area contributed by atoms with Crippen molar-refractivity contribution in [3.63, 3.8) is 0 Å². The molecule has 0 aliphatic rings. The molecular formula is C21H54N4O9S. The second-order valence-corrected chi connectivity index (χ2v) is 8.62. The molecule has 0 bridgehead atoms. The van der Waals surface area contributed by atoms with E-state index < -0.39 is 22.2 Å². The lowest BCUT2D eigenvalue weighted by Gasteiger charge is -2.04. The van der Waals surface area contributed by atoms with Gasteiger partial charge in [-0.3, -0.25) is 4.55 Å². The van der Waals surface area contributed by atoms with Gasteiger partial charge in [0.2, 0.25) is 0 Å². The number of carboxylic acid groups (broad SMARTS) is 1. The minimum Gasteiger partial charge on any atom is -0.479 e. The number of rotatable bonds is 16. The number of aliphatic hydroxyl groups excluding tert-OH is 4. The number of aliphatic hydroxyl groups is 4. The number of hydrogen-bond acceptors (Lipinski definition) is 11. The number of nitrogens with two attached hydrogens (primary N) is 3. The Hall–Kier alpha value is -0.940. The predicted molar refractivity (Wildman–Crippen MR) is 140 cm³/mol. The first-order valence-corrected chi connectivity index (χ1v) is 13.5. The molecule has 1 unspecified atom stereocenters. The summed E-state index contributed by atoms with van der Waals surface area (Å²) >= 11 is 0. The standard InChI is InChI=1S/C12H24O3.C3H9NO3S.3C2H7NO/c1-2-3-4-5-6-7-8-9-10-11(13)12(14)15;1-4-2-3-8(5,6)7;3*3-1-2-4/h11,13H,2-10H2,1H3,(H,14,15);4H,2-3H2,1H3,(H,5,6,7);3*4H,1-3H2. The first-order valence-electron chi connectivity index (χ1n) is 11.9. The largest absolute Gasteiger partial charge is 0.479 e. The van der Waals surface area contributed by atoms with Crippen molar-refractivity contribution >= 4 is 16.1 Å². The summed E-state index contributed by atoms with van der Waals surface area (Å²) in [4.78, 5) is 10.3. The minimum atomic E-state index is -3.75. The Kier molecular flexibility index (Phi) is 50.7. The number of unbranched alkanes of at least 4 members (excludes halogenated alkanes) is 7. The average Bonchev–Trinajstić information content (AvgIpc) is 2.84. The van der Waals surface area contributed by atoms with Crippen LogP contribution in [-0.2, 0) is 14.9 Å². The first-order chi connectivity index (χ1) is 16.5. The maximum atomic E-state index is 10.3. The van der Waals surface area contributed by atoms with E-state index >= 15 is 0 Å². The third kappa shape index (κ3) is 71.9. The Morgan fingerprint density at radius 2 is 1.17 bits per heavy atom. The van der Waals surface area contributed by atoms with E-state index in [1.807, 2.05) is 0 Å². The molecule has 218 valence electrons. The van der Waals surface area contributed by atoms with E-state index in [4.69, 9.17) is 47.3 Å². The monoisotopic (exact) mass is 538 g/mol. The molecule has 13 N–H and O–H groups in total. The Balaban J connectivity index is -0.000000125. The first kappa shape index (κ1) is 44.1. The van der Waals surface area contributed by atoms with E-state index in [2.05, 4.69) is 12.2 Å². The van der Waals surface area contributed by atoms with Gasteiger partial charge in [-0.05, 0) is 13.5 Å². The molecule has 0 saturated carbocycles. The van der Waals surface area contributed by atoms with E-state index in [0.29, 0.717) is 32.6 Å². The molecule has 0 heterocycles. The van der Waals surface area contributed by atoms with Gasteiger partial charge >= 0.3 is 5.97 Å². The summed E-state index contributed by atoms with van der Waals surface area (Å²) in [6, 6.07) is 0. The van der Waals surface area contributed by atoms with Gasteiger partial charge in [-0.2, -0.15) is 8.42 Å². The molecule has 0 aliphatic heterocycles. The van der Waals surface area contributed by atoms with E-state index in [1.165, 1.54) is 32.1 Å². The molecule has 0 aliphatic carbocycles. The number of nitrogens with one attached hydrogen (secondary N) is 1. The topological polar surface area (TPSA) is 263 Å². The summed E-state index contributed by atoms with van der Waals surface area (Å²) in [6.45, 7) is 3.91. The zero-order valence-corrected chi connectivity index (χ0v) is 22.5. The van der Waals surface area contributed by atoms with Crippen molar-refractivity contribution in [2.24, 2.45) is 17.2 Å². The summed E-state index contributed by atoms with van der Waals surface area (Å²) < 4.78 is 27.9. The van der Waals surface area contributed by atoms with Gasteiger partial charge in [-0.15, -0.1) is 0 Å². The zero-order chi connectivity index (χ0) is 28.4. The molecule has 0 radical (unpaired) electrons. The van der Waals surface area contributed by atoms with Crippen LogP contribution in [0, 0.1) is 0 Å². The van der Waals surface area contributed by atoms with Crippen LogP contribution < -0.4 is 22.5 Å². The molecular weight excluding hydrogens is 484 g/mol. The lowest BCUT2D eigenvalue weighted by molar-refractivity contribution is -0.146. The fourth-order valence-electron chi connectivity index (χ4n) is 1.83. The van der Waals surface area contributed by atoms with E-state index in [0.717, 1.165) is 19.3 Å². The van der Waals surface area contributed by atoms with Gasteiger partial charge in [0.1, 0.15) is 0 Å². The van der Waals surface area contributed by atoms with E-state index in [1.54, 1.807) is 7.05 Å². The van der Waals surface area contributed by atoms with Crippen molar-refractivity contribution in [1.29, 1.82) is 0 Å².